The summed E-state index contributed by atoms with van der Waals surface area (Å²) < 4.78 is 8.50. The normalized spacial score (nSPS) is 14.1. The molecule has 1 fully saturated rings. The molecule has 9 heteroatoms. The zero-order chi connectivity index (χ0) is 19.0. The number of benzene rings is 1. The van der Waals surface area contributed by atoms with E-state index in [1.54, 1.807) is 29.9 Å². The predicted octanol–water partition coefficient (Wildman–Crippen LogP) is 1.84. The van der Waals surface area contributed by atoms with E-state index in [2.05, 4.69) is 10.1 Å². The lowest BCUT2D eigenvalue weighted by Gasteiger charge is -2.15. The number of fused-ring (bicyclic) bond motifs is 1. The number of likely N-dealkylation sites (tertiary alicyclic amines) is 1. The van der Waals surface area contributed by atoms with Crippen LogP contribution in [0.4, 0.5) is 0 Å². The van der Waals surface area contributed by atoms with Gasteiger partial charge < -0.3 is 9.64 Å². The smallest absolute Gasteiger partial charge is 0.275 e. The molecule has 1 amide bonds. The van der Waals surface area contributed by atoms with Crippen LogP contribution in [0.25, 0.3) is 17.0 Å². The molecule has 8 nitrogen and oxygen atoms in total. The molecule has 0 aliphatic carbocycles. The maximum Gasteiger partial charge on any atom is 0.275 e. The monoisotopic (exact) mass is 387 g/mol. The summed E-state index contributed by atoms with van der Waals surface area (Å²) >= 11 is 6.13. The maximum absolute atomic E-state index is 12.5. The summed E-state index contributed by atoms with van der Waals surface area (Å²) in [6, 6.07) is 6.51. The van der Waals surface area contributed by atoms with Crippen molar-refractivity contribution in [2.24, 2.45) is 0 Å². The third-order valence-corrected chi connectivity index (χ3v) is 4.89. The predicted molar refractivity (Wildman–Crippen MR) is 100 cm³/mol. The highest BCUT2D eigenvalue weighted by atomic mass is 35.5. The Balaban J connectivity index is 1.80. The first kappa shape index (κ1) is 17.5. The zero-order valence-electron chi connectivity index (χ0n) is 14.8. The largest absolute Gasteiger partial charge is 0.496 e. The van der Waals surface area contributed by atoms with Gasteiger partial charge in [0, 0.05) is 29.7 Å². The first-order valence-electron chi connectivity index (χ1n) is 8.64. The SMILES string of the molecule is COc1ccc(Cl)cc1-c1cc(=O)nc2n(CC(=O)N3CCCC3)cnn12. The number of hydrogen-bond acceptors (Lipinski definition) is 5. The zero-order valence-corrected chi connectivity index (χ0v) is 15.5. The quantitative estimate of drug-likeness (QED) is 0.682. The molecule has 0 spiro atoms. The van der Waals surface area contributed by atoms with Crippen molar-refractivity contribution in [3.05, 3.63) is 46.0 Å². The van der Waals surface area contributed by atoms with Crippen molar-refractivity contribution in [3.8, 4) is 17.0 Å². The number of rotatable bonds is 4. The average Bonchev–Trinajstić information content (AvgIpc) is 3.32. The molecule has 4 rings (SSSR count). The lowest BCUT2D eigenvalue weighted by atomic mass is 10.1. The molecule has 0 atom stereocenters. The second kappa shape index (κ2) is 7.03. The van der Waals surface area contributed by atoms with Gasteiger partial charge in [0.15, 0.2) is 0 Å². The van der Waals surface area contributed by atoms with Crippen LogP contribution in [-0.2, 0) is 11.3 Å². The Hall–Kier alpha value is -2.87. The van der Waals surface area contributed by atoms with E-state index in [1.165, 1.54) is 16.9 Å². The lowest BCUT2D eigenvalue weighted by Crippen LogP contribution is -2.31. The van der Waals surface area contributed by atoms with Gasteiger partial charge in [-0.15, -0.1) is 0 Å². The average molecular weight is 388 g/mol. The third kappa shape index (κ3) is 3.28. The first-order valence-corrected chi connectivity index (χ1v) is 9.01. The van der Waals surface area contributed by atoms with Gasteiger partial charge in [-0.25, -0.2) is 0 Å². The minimum Gasteiger partial charge on any atom is -0.496 e. The van der Waals surface area contributed by atoms with Gasteiger partial charge in [0.25, 0.3) is 5.56 Å². The number of amides is 1. The summed E-state index contributed by atoms with van der Waals surface area (Å²) in [5.41, 5.74) is 0.690. The molecule has 0 bridgehead atoms. The molecule has 1 aromatic carbocycles. The molecule has 3 aromatic rings. The Morgan fingerprint density at radius 2 is 2.04 bits per heavy atom. The van der Waals surface area contributed by atoms with E-state index in [1.807, 2.05) is 4.90 Å². The van der Waals surface area contributed by atoms with Crippen LogP contribution in [-0.4, -0.2) is 50.2 Å². The molecular formula is C18H18ClN5O3. The van der Waals surface area contributed by atoms with Gasteiger partial charge in [-0.05, 0) is 31.0 Å². The van der Waals surface area contributed by atoms with Gasteiger partial charge in [0.05, 0.1) is 12.8 Å². The first-order chi connectivity index (χ1) is 13.1. The molecule has 0 radical (unpaired) electrons. The molecule has 1 aliphatic heterocycles. The van der Waals surface area contributed by atoms with Crippen molar-refractivity contribution in [3.63, 3.8) is 0 Å². The number of aromatic nitrogens is 4. The van der Waals surface area contributed by atoms with Crippen molar-refractivity contribution in [1.29, 1.82) is 0 Å². The molecular weight excluding hydrogens is 370 g/mol. The Morgan fingerprint density at radius 3 is 2.78 bits per heavy atom. The summed E-state index contributed by atoms with van der Waals surface area (Å²) in [6.45, 7) is 1.62. The molecule has 1 aliphatic rings. The van der Waals surface area contributed by atoms with E-state index in [4.69, 9.17) is 16.3 Å². The van der Waals surface area contributed by atoms with E-state index >= 15 is 0 Å². The van der Waals surface area contributed by atoms with Gasteiger partial charge in [-0.2, -0.15) is 14.6 Å². The number of ether oxygens (including phenoxy) is 1. The fraction of sp³-hybridized carbons (Fsp3) is 0.333. The fourth-order valence-electron chi connectivity index (χ4n) is 3.33. The van der Waals surface area contributed by atoms with Crippen LogP contribution in [0.2, 0.25) is 5.02 Å². The van der Waals surface area contributed by atoms with Gasteiger partial charge in [0.2, 0.25) is 11.7 Å². The summed E-state index contributed by atoms with van der Waals surface area (Å²) in [6.07, 6.45) is 3.55. The topological polar surface area (TPSA) is 81.7 Å². The number of hydrogen-bond donors (Lipinski definition) is 0. The highest BCUT2D eigenvalue weighted by Gasteiger charge is 2.20. The summed E-state index contributed by atoms with van der Waals surface area (Å²) in [5.74, 6) is 0.848. The molecule has 140 valence electrons. The molecule has 1 saturated heterocycles. The molecule has 0 saturated carbocycles. The van der Waals surface area contributed by atoms with Crippen LogP contribution in [0.5, 0.6) is 5.75 Å². The van der Waals surface area contributed by atoms with Crippen LogP contribution in [0, 0.1) is 0 Å². The molecule has 0 unspecified atom stereocenters. The summed E-state index contributed by atoms with van der Waals surface area (Å²) in [4.78, 5) is 30.5. The lowest BCUT2D eigenvalue weighted by molar-refractivity contribution is -0.130. The number of carbonyl (C=O) groups excluding carboxylic acids is 1. The summed E-state index contributed by atoms with van der Waals surface area (Å²) in [7, 11) is 1.54. The van der Waals surface area contributed by atoms with E-state index in [9.17, 15) is 9.59 Å². The van der Waals surface area contributed by atoms with E-state index in [0.29, 0.717) is 27.8 Å². The number of methoxy groups -OCH3 is 1. The van der Waals surface area contributed by atoms with Crippen molar-refractivity contribution in [2.75, 3.05) is 20.2 Å². The van der Waals surface area contributed by atoms with Crippen molar-refractivity contribution in [2.45, 2.75) is 19.4 Å². The Bertz CT molecular complexity index is 1070. The van der Waals surface area contributed by atoms with Crippen LogP contribution in [0.1, 0.15) is 12.8 Å². The third-order valence-electron chi connectivity index (χ3n) is 4.65. The standard InChI is InChI=1S/C18H18ClN5O3/c1-27-15-5-4-12(19)8-13(15)14-9-16(25)21-18-23(11-20-24(14)18)10-17(26)22-6-2-3-7-22/h4-5,8-9,11H,2-3,6-7,10H2,1H3. The Labute approximate surface area is 159 Å². The number of halogens is 1. The Morgan fingerprint density at radius 1 is 1.26 bits per heavy atom. The van der Waals surface area contributed by atoms with Gasteiger partial charge in [-0.3, -0.25) is 14.2 Å². The van der Waals surface area contributed by atoms with Gasteiger partial charge in [0.1, 0.15) is 18.6 Å². The second-order valence-corrected chi connectivity index (χ2v) is 6.82. The van der Waals surface area contributed by atoms with Crippen molar-refractivity contribution < 1.29 is 9.53 Å². The number of carbonyl (C=O) groups is 1. The van der Waals surface area contributed by atoms with Crippen LogP contribution in [0.3, 0.4) is 0 Å². The summed E-state index contributed by atoms with van der Waals surface area (Å²) in [5, 5.41) is 4.84. The molecule has 2 aromatic heterocycles. The Kier molecular flexibility index (Phi) is 4.57. The number of nitrogens with zero attached hydrogens (tertiary/aromatic N) is 5. The highest BCUT2D eigenvalue weighted by Crippen LogP contribution is 2.31. The maximum atomic E-state index is 12.5. The molecule has 27 heavy (non-hydrogen) atoms. The second-order valence-electron chi connectivity index (χ2n) is 6.38. The van der Waals surface area contributed by atoms with Crippen molar-refractivity contribution in [1.82, 2.24) is 24.1 Å². The van der Waals surface area contributed by atoms with Crippen LogP contribution in [0.15, 0.2) is 35.4 Å². The van der Waals surface area contributed by atoms with Crippen molar-refractivity contribution >= 4 is 23.3 Å². The minimum atomic E-state index is -0.428. The van der Waals surface area contributed by atoms with Gasteiger partial charge >= 0.3 is 0 Å². The van der Waals surface area contributed by atoms with Gasteiger partial charge in [-0.1, -0.05) is 11.6 Å². The van der Waals surface area contributed by atoms with E-state index in [-0.39, 0.29) is 12.5 Å². The van der Waals surface area contributed by atoms with E-state index < -0.39 is 5.56 Å². The van der Waals surface area contributed by atoms with E-state index in [0.717, 1.165) is 25.9 Å². The fourth-order valence-corrected chi connectivity index (χ4v) is 3.50. The van der Waals surface area contributed by atoms with Crippen LogP contribution < -0.4 is 10.3 Å². The molecule has 0 N–H and O–H groups in total. The highest BCUT2D eigenvalue weighted by molar-refractivity contribution is 6.31. The van der Waals surface area contributed by atoms with Crippen LogP contribution >= 0.6 is 11.6 Å². The molecule has 3 heterocycles. The minimum absolute atomic E-state index is 0.00705.